The van der Waals surface area contributed by atoms with Crippen LogP contribution in [0.2, 0.25) is 0 Å². The summed E-state index contributed by atoms with van der Waals surface area (Å²) in [6.45, 7) is 2.16. The van der Waals surface area contributed by atoms with Crippen LogP contribution in [0.1, 0.15) is 46.2 Å². The number of carbonyl (C=O) groups excluding carboxylic acids is 2. The number of carbonyl (C=O) groups is 2. The van der Waals surface area contributed by atoms with Crippen LogP contribution in [0.4, 0.5) is 0 Å². The number of aromatic nitrogens is 1. The minimum Gasteiger partial charge on any atom is -0.459 e. The van der Waals surface area contributed by atoms with Crippen LogP contribution < -0.4 is 5.32 Å². The topological polar surface area (TPSA) is 81.4 Å². The summed E-state index contributed by atoms with van der Waals surface area (Å²) in [5.74, 6) is -0.900. The predicted octanol–water partition coefficient (Wildman–Crippen LogP) is 3.90. The van der Waals surface area contributed by atoms with Crippen LogP contribution in [-0.2, 0) is 22.6 Å². The molecule has 0 aliphatic carbocycles. The first-order valence-electron chi connectivity index (χ1n) is 8.66. The van der Waals surface area contributed by atoms with Gasteiger partial charge in [0, 0.05) is 5.38 Å². The summed E-state index contributed by atoms with van der Waals surface area (Å²) < 4.78 is 10.5. The van der Waals surface area contributed by atoms with Crippen molar-refractivity contribution in [1.82, 2.24) is 10.3 Å². The molecule has 0 aliphatic heterocycles. The Hall–Kier alpha value is -2.93. The SMILES string of the molecule is CCCc1nc(COC(=O)C(NC(=O)c2ccco2)c2ccccc2)cs1. The largest absolute Gasteiger partial charge is 0.459 e. The highest BCUT2D eigenvalue weighted by Crippen LogP contribution is 2.18. The molecule has 27 heavy (non-hydrogen) atoms. The van der Waals surface area contributed by atoms with E-state index in [0.29, 0.717) is 11.3 Å². The van der Waals surface area contributed by atoms with Crippen molar-refractivity contribution in [3.8, 4) is 0 Å². The van der Waals surface area contributed by atoms with Gasteiger partial charge < -0.3 is 14.5 Å². The molecule has 1 N–H and O–H groups in total. The van der Waals surface area contributed by atoms with Crippen LogP contribution >= 0.6 is 11.3 Å². The zero-order valence-corrected chi connectivity index (χ0v) is 15.7. The van der Waals surface area contributed by atoms with E-state index in [4.69, 9.17) is 9.15 Å². The van der Waals surface area contributed by atoms with Crippen LogP contribution in [0, 0.1) is 0 Å². The molecule has 1 atom stereocenters. The van der Waals surface area contributed by atoms with Gasteiger partial charge in [-0.2, -0.15) is 0 Å². The van der Waals surface area contributed by atoms with Gasteiger partial charge in [-0.05, 0) is 30.5 Å². The van der Waals surface area contributed by atoms with Crippen LogP contribution in [0.3, 0.4) is 0 Å². The number of nitrogens with zero attached hydrogens (tertiary/aromatic N) is 1. The van der Waals surface area contributed by atoms with E-state index in [9.17, 15) is 9.59 Å². The highest BCUT2D eigenvalue weighted by atomic mass is 32.1. The van der Waals surface area contributed by atoms with Gasteiger partial charge in [0.2, 0.25) is 0 Å². The average molecular weight is 384 g/mol. The minimum absolute atomic E-state index is 0.0685. The van der Waals surface area contributed by atoms with E-state index in [1.54, 1.807) is 41.7 Å². The van der Waals surface area contributed by atoms with E-state index in [1.807, 2.05) is 11.4 Å². The number of ether oxygens (including phenoxy) is 1. The number of hydrogen-bond donors (Lipinski definition) is 1. The van der Waals surface area contributed by atoms with Gasteiger partial charge in [0.05, 0.1) is 17.0 Å². The Labute approximate surface area is 161 Å². The first-order chi connectivity index (χ1) is 13.2. The predicted molar refractivity (Wildman–Crippen MR) is 101 cm³/mol. The molecule has 7 heteroatoms. The normalized spacial score (nSPS) is 11.7. The van der Waals surface area contributed by atoms with Gasteiger partial charge in [0.15, 0.2) is 11.8 Å². The Morgan fingerprint density at radius 2 is 2.04 bits per heavy atom. The van der Waals surface area contributed by atoms with Crippen LogP contribution in [0.15, 0.2) is 58.5 Å². The standard InChI is InChI=1S/C20H20N2O4S/c1-2-7-17-21-15(13-27-17)12-26-20(24)18(14-8-4-3-5-9-14)22-19(23)16-10-6-11-25-16/h3-6,8-11,13,18H,2,7,12H2,1H3,(H,22,23). The second-order valence-electron chi connectivity index (χ2n) is 5.88. The molecule has 2 aromatic heterocycles. The molecule has 1 unspecified atom stereocenters. The Morgan fingerprint density at radius 1 is 1.22 bits per heavy atom. The number of aryl methyl sites for hydroxylation is 1. The number of furan rings is 1. The number of hydrogen-bond acceptors (Lipinski definition) is 6. The van der Waals surface area contributed by atoms with Gasteiger partial charge in [-0.3, -0.25) is 4.79 Å². The molecule has 0 spiro atoms. The molecule has 0 fully saturated rings. The first kappa shape index (κ1) is 18.8. The molecule has 1 aromatic carbocycles. The fraction of sp³-hybridized carbons (Fsp3) is 0.250. The van der Waals surface area contributed by atoms with E-state index < -0.39 is 17.9 Å². The van der Waals surface area contributed by atoms with Crippen LogP contribution in [0.5, 0.6) is 0 Å². The summed E-state index contributed by atoms with van der Waals surface area (Å²) >= 11 is 1.55. The second-order valence-corrected chi connectivity index (χ2v) is 6.83. The summed E-state index contributed by atoms with van der Waals surface area (Å²) in [7, 11) is 0. The van der Waals surface area contributed by atoms with Crippen molar-refractivity contribution in [2.75, 3.05) is 0 Å². The van der Waals surface area contributed by atoms with E-state index in [2.05, 4.69) is 17.2 Å². The molecule has 140 valence electrons. The lowest BCUT2D eigenvalue weighted by molar-refractivity contribution is -0.147. The molecular weight excluding hydrogens is 364 g/mol. The fourth-order valence-corrected chi connectivity index (χ4v) is 3.39. The highest BCUT2D eigenvalue weighted by molar-refractivity contribution is 7.09. The Morgan fingerprint density at radius 3 is 2.74 bits per heavy atom. The molecule has 1 amide bonds. The first-order valence-corrected chi connectivity index (χ1v) is 9.54. The van der Waals surface area contributed by atoms with Crippen LogP contribution in [0.25, 0.3) is 0 Å². The van der Waals surface area contributed by atoms with Crippen LogP contribution in [-0.4, -0.2) is 16.9 Å². The molecule has 3 rings (SSSR count). The van der Waals surface area contributed by atoms with Gasteiger partial charge >= 0.3 is 5.97 Å². The maximum atomic E-state index is 12.7. The monoisotopic (exact) mass is 384 g/mol. The lowest BCUT2D eigenvalue weighted by atomic mass is 10.1. The lowest BCUT2D eigenvalue weighted by Crippen LogP contribution is -2.34. The summed E-state index contributed by atoms with van der Waals surface area (Å²) in [5, 5.41) is 5.58. The highest BCUT2D eigenvalue weighted by Gasteiger charge is 2.26. The van der Waals surface area contributed by atoms with Gasteiger partial charge in [0.1, 0.15) is 6.61 Å². The third-order valence-corrected chi connectivity index (χ3v) is 4.77. The molecule has 2 heterocycles. The van der Waals surface area contributed by atoms with Gasteiger partial charge in [-0.15, -0.1) is 11.3 Å². The summed E-state index contributed by atoms with van der Waals surface area (Å²) in [6, 6.07) is 11.2. The number of esters is 1. The average Bonchev–Trinajstić information content (AvgIpc) is 3.37. The molecule has 3 aromatic rings. The molecule has 0 saturated heterocycles. The fourth-order valence-electron chi connectivity index (χ4n) is 2.51. The van der Waals surface area contributed by atoms with Crippen molar-refractivity contribution < 1.29 is 18.7 Å². The molecule has 0 bridgehead atoms. The van der Waals surface area contributed by atoms with E-state index >= 15 is 0 Å². The zero-order chi connectivity index (χ0) is 19.1. The number of nitrogens with one attached hydrogen (secondary N) is 1. The quantitative estimate of drug-likeness (QED) is 0.596. The van der Waals surface area contributed by atoms with Crippen molar-refractivity contribution >= 4 is 23.2 Å². The summed E-state index contributed by atoms with van der Waals surface area (Å²) in [4.78, 5) is 29.4. The lowest BCUT2D eigenvalue weighted by Gasteiger charge is -2.17. The van der Waals surface area contributed by atoms with E-state index in [-0.39, 0.29) is 12.4 Å². The molecular formula is C20H20N2O4S. The van der Waals surface area contributed by atoms with Crippen molar-refractivity contribution in [2.24, 2.45) is 0 Å². The minimum atomic E-state index is -0.933. The van der Waals surface area contributed by atoms with Crippen molar-refractivity contribution in [3.05, 3.63) is 76.1 Å². The van der Waals surface area contributed by atoms with Crippen molar-refractivity contribution in [1.29, 1.82) is 0 Å². The zero-order valence-electron chi connectivity index (χ0n) is 14.9. The Bertz CT molecular complexity index is 875. The van der Waals surface area contributed by atoms with Gasteiger partial charge in [-0.25, -0.2) is 9.78 Å². The smallest absolute Gasteiger partial charge is 0.333 e. The van der Waals surface area contributed by atoms with Crippen molar-refractivity contribution in [2.45, 2.75) is 32.4 Å². The third kappa shape index (κ3) is 5.04. The molecule has 0 saturated carbocycles. The summed E-state index contributed by atoms with van der Waals surface area (Å²) in [5.41, 5.74) is 1.34. The molecule has 6 nitrogen and oxygen atoms in total. The second kappa shape index (κ2) is 9.14. The maximum absolute atomic E-state index is 12.7. The van der Waals surface area contributed by atoms with Gasteiger partial charge in [-0.1, -0.05) is 37.3 Å². The molecule has 0 radical (unpaired) electrons. The van der Waals surface area contributed by atoms with E-state index in [0.717, 1.165) is 17.8 Å². The number of amides is 1. The number of rotatable bonds is 8. The Kier molecular flexibility index (Phi) is 6.38. The molecule has 0 aliphatic rings. The number of thiazole rings is 1. The van der Waals surface area contributed by atoms with Gasteiger partial charge in [0.25, 0.3) is 5.91 Å². The summed E-state index contributed by atoms with van der Waals surface area (Å²) in [6.07, 6.45) is 3.33. The Balaban J connectivity index is 1.69. The number of benzene rings is 1. The van der Waals surface area contributed by atoms with Crippen molar-refractivity contribution in [3.63, 3.8) is 0 Å². The maximum Gasteiger partial charge on any atom is 0.333 e. The third-order valence-electron chi connectivity index (χ3n) is 3.81. The van der Waals surface area contributed by atoms with E-state index in [1.165, 1.54) is 12.3 Å².